The zero-order chi connectivity index (χ0) is 12.2. The highest BCUT2D eigenvalue weighted by Gasteiger charge is 2.47. The Morgan fingerprint density at radius 1 is 1.00 bits per heavy atom. The number of hydrogen-bond acceptors (Lipinski definition) is 1. The van der Waals surface area contributed by atoms with E-state index in [1.54, 1.807) is 0 Å². The SMILES string of the molecule is Clc1ccc([C@]23C=C[C@H](O2)c2ccccc23)cc1. The molecule has 4 rings (SSSR count). The molecule has 0 amide bonds. The van der Waals surface area contributed by atoms with E-state index in [2.05, 4.69) is 36.4 Å². The van der Waals surface area contributed by atoms with Gasteiger partial charge in [0.15, 0.2) is 0 Å². The summed E-state index contributed by atoms with van der Waals surface area (Å²) in [6.07, 6.45) is 4.39. The molecule has 2 bridgehead atoms. The first-order valence-corrected chi connectivity index (χ1v) is 6.40. The Kier molecular flexibility index (Phi) is 2.00. The minimum Gasteiger partial charge on any atom is -0.349 e. The summed E-state index contributed by atoms with van der Waals surface area (Å²) in [4.78, 5) is 0. The second kappa shape index (κ2) is 3.47. The van der Waals surface area contributed by atoms with Gasteiger partial charge in [0.1, 0.15) is 11.7 Å². The van der Waals surface area contributed by atoms with Crippen molar-refractivity contribution in [2.24, 2.45) is 0 Å². The van der Waals surface area contributed by atoms with E-state index in [0.29, 0.717) is 0 Å². The number of halogens is 1. The maximum absolute atomic E-state index is 6.20. The van der Waals surface area contributed by atoms with Gasteiger partial charge in [-0.15, -0.1) is 0 Å². The molecule has 0 radical (unpaired) electrons. The van der Waals surface area contributed by atoms with Gasteiger partial charge < -0.3 is 4.74 Å². The first-order valence-electron chi connectivity index (χ1n) is 6.02. The number of ether oxygens (including phenoxy) is 1. The fourth-order valence-corrected chi connectivity index (χ4v) is 3.05. The molecule has 1 nitrogen and oxygen atoms in total. The van der Waals surface area contributed by atoms with Gasteiger partial charge >= 0.3 is 0 Å². The predicted octanol–water partition coefficient (Wildman–Crippen LogP) is 4.22. The van der Waals surface area contributed by atoms with Crippen molar-refractivity contribution < 1.29 is 4.74 Å². The van der Waals surface area contributed by atoms with Gasteiger partial charge in [-0.1, -0.05) is 54.1 Å². The molecular formula is C16H11ClO. The summed E-state index contributed by atoms with van der Waals surface area (Å²) in [5.41, 5.74) is 3.25. The molecule has 2 aromatic carbocycles. The molecule has 88 valence electrons. The molecule has 18 heavy (non-hydrogen) atoms. The van der Waals surface area contributed by atoms with Crippen LogP contribution in [0.5, 0.6) is 0 Å². The zero-order valence-electron chi connectivity index (χ0n) is 9.64. The van der Waals surface area contributed by atoms with Gasteiger partial charge in [0.25, 0.3) is 0 Å². The standard InChI is InChI=1S/C16H11ClO/c17-12-7-5-11(6-8-12)16-10-9-15(18-16)13-3-1-2-4-14(13)16/h1-10,15H/t15-,16-/m0/s1. The van der Waals surface area contributed by atoms with E-state index < -0.39 is 5.60 Å². The zero-order valence-corrected chi connectivity index (χ0v) is 10.4. The van der Waals surface area contributed by atoms with E-state index in [4.69, 9.17) is 16.3 Å². The topological polar surface area (TPSA) is 9.23 Å². The maximum Gasteiger partial charge on any atom is 0.138 e. The van der Waals surface area contributed by atoms with Crippen LogP contribution in [0.4, 0.5) is 0 Å². The second-order valence-corrected chi connectivity index (χ2v) is 5.16. The fraction of sp³-hybridized carbons (Fsp3) is 0.125. The summed E-state index contributed by atoms with van der Waals surface area (Å²) in [5, 5.41) is 0.750. The summed E-state index contributed by atoms with van der Waals surface area (Å²) < 4.78 is 6.20. The van der Waals surface area contributed by atoms with Crippen molar-refractivity contribution in [3.05, 3.63) is 82.4 Å². The molecule has 0 N–H and O–H groups in total. The highest BCUT2D eigenvalue weighted by atomic mass is 35.5. The molecule has 0 saturated carbocycles. The molecule has 2 aliphatic rings. The molecule has 2 aliphatic heterocycles. The van der Waals surface area contributed by atoms with E-state index in [1.807, 2.05) is 24.3 Å². The van der Waals surface area contributed by atoms with Crippen molar-refractivity contribution in [2.45, 2.75) is 11.7 Å². The van der Waals surface area contributed by atoms with Crippen LogP contribution in [0, 0.1) is 0 Å². The molecule has 0 fully saturated rings. The summed E-state index contributed by atoms with van der Waals surface area (Å²) in [5.74, 6) is 0. The van der Waals surface area contributed by atoms with Crippen LogP contribution in [0.25, 0.3) is 0 Å². The monoisotopic (exact) mass is 254 g/mol. The molecule has 0 unspecified atom stereocenters. The average molecular weight is 255 g/mol. The highest BCUT2D eigenvalue weighted by molar-refractivity contribution is 6.30. The van der Waals surface area contributed by atoms with Crippen LogP contribution in [0.15, 0.2) is 60.7 Å². The first-order chi connectivity index (χ1) is 8.79. The Labute approximate surface area is 111 Å². The molecule has 0 saturated heterocycles. The van der Waals surface area contributed by atoms with E-state index in [1.165, 1.54) is 11.1 Å². The van der Waals surface area contributed by atoms with Crippen molar-refractivity contribution in [3.8, 4) is 0 Å². The molecule has 2 heteroatoms. The first kappa shape index (κ1) is 10.4. The van der Waals surface area contributed by atoms with Crippen molar-refractivity contribution in [3.63, 3.8) is 0 Å². The Balaban J connectivity index is 1.94. The van der Waals surface area contributed by atoms with Gasteiger partial charge in [-0.25, -0.2) is 0 Å². The van der Waals surface area contributed by atoms with Gasteiger partial charge in [-0.05, 0) is 34.9 Å². The lowest BCUT2D eigenvalue weighted by Crippen LogP contribution is -2.22. The molecule has 0 spiro atoms. The lowest BCUT2D eigenvalue weighted by molar-refractivity contribution is 0.0270. The predicted molar refractivity (Wildman–Crippen MR) is 71.6 cm³/mol. The van der Waals surface area contributed by atoms with Crippen molar-refractivity contribution in [1.82, 2.24) is 0 Å². The van der Waals surface area contributed by atoms with E-state index in [0.717, 1.165) is 10.6 Å². The van der Waals surface area contributed by atoms with Crippen molar-refractivity contribution >= 4 is 11.6 Å². The van der Waals surface area contributed by atoms with Gasteiger partial charge in [-0.3, -0.25) is 0 Å². The minimum absolute atomic E-state index is 0.0943. The normalized spacial score (nSPS) is 27.5. The molecule has 0 aromatic heterocycles. The number of fused-ring (bicyclic) bond motifs is 5. The summed E-state index contributed by atoms with van der Waals surface area (Å²) in [6, 6.07) is 16.3. The minimum atomic E-state index is -0.411. The fourth-order valence-electron chi connectivity index (χ4n) is 2.92. The Bertz CT molecular complexity index is 644. The molecule has 0 aliphatic carbocycles. The van der Waals surface area contributed by atoms with E-state index in [-0.39, 0.29) is 6.10 Å². The third kappa shape index (κ3) is 1.21. The Hall–Kier alpha value is -1.57. The van der Waals surface area contributed by atoms with Crippen LogP contribution in [0.3, 0.4) is 0 Å². The van der Waals surface area contributed by atoms with Crippen LogP contribution in [0.2, 0.25) is 5.02 Å². The number of benzene rings is 2. The summed E-state index contributed by atoms with van der Waals surface area (Å²) in [7, 11) is 0. The average Bonchev–Trinajstić information content (AvgIpc) is 2.98. The highest BCUT2D eigenvalue weighted by Crippen LogP contribution is 2.53. The second-order valence-electron chi connectivity index (χ2n) is 4.73. The van der Waals surface area contributed by atoms with E-state index in [9.17, 15) is 0 Å². The lowest BCUT2D eigenvalue weighted by atomic mass is 9.82. The molecule has 2 aromatic rings. The van der Waals surface area contributed by atoms with Gasteiger partial charge in [0.05, 0.1) is 0 Å². The van der Waals surface area contributed by atoms with Crippen LogP contribution in [-0.2, 0) is 10.3 Å². The third-order valence-electron chi connectivity index (χ3n) is 3.76. The van der Waals surface area contributed by atoms with Crippen LogP contribution in [0.1, 0.15) is 22.8 Å². The molecule has 2 heterocycles. The maximum atomic E-state index is 6.20. The van der Waals surface area contributed by atoms with Crippen LogP contribution in [-0.4, -0.2) is 0 Å². The van der Waals surface area contributed by atoms with Crippen LogP contribution >= 0.6 is 11.6 Å². The van der Waals surface area contributed by atoms with Crippen molar-refractivity contribution in [2.75, 3.05) is 0 Å². The van der Waals surface area contributed by atoms with Gasteiger partial charge in [0, 0.05) is 5.02 Å². The van der Waals surface area contributed by atoms with Gasteiger partial charge in [0.2, 0.25) is 0 Å². The summed E-state index contributed by atoms with van der Waals surface area (Å²) in [6.45, 7) is 0. The Morgan fingerprint density at radius 2 is 1.78 bits per heavy atom. The number of rotatable bonds is 1. The largest absolute Gasteiger partial charge is 0.349 e. The molecule has 2 atom stereocenters. The smallest absolute Gasteiger partial charge is 0.138 e. The van der Waals surface area contributed by atoms with Crippen molar-refractivity contribution in [1.29, 1.82) is 0 Å². The van der Waals surface area contributed by atoms with Crippen LogP contribution < -0.4 is 0 Å². The Morgan fingerprint density at radius 3 is 2.61 bits per heavy atom. The molecular weight excluding hydrogens is 244 g/mol. The summed E-state index contributed by atoms with van der Waals surface area (Å²) >= 11 is 5.96. The quantitative estimate of drug-likeness (QED) is 0.692. The van der Waals surface area contributed by atoms with Gasteiger partial charge in [-0.2, -0.15) is 0 Å². The number of hydrogen-bond donors (Lipinski definition) is 0. The third-order valence-corrected chi connectivity index (χ3v) is 4.01. The van der Waals surface area contributed by atoms with E-state index >= 15 is 0 Å². The lowest BCUT2D eigenvalue weighted by Gasteiger charge is -2.25.